The van der Waals surface area contributed by atoms with Gasteiger partial charge in [-0.15, -0.1) is 11.3 Å². The van der Waals surface area contributed by atoms with E-state index in [9.17, 15) is 0 Å². The third-order valence-electron chi connectivity index (χ3n) is 3.01. The molecule has 0 spiro atoms. The van der Waals surface area contributed by atoms with Crippen molar-refractivity contribution in [2.75, 3.05) is 6.54 Å². The summed E-state index contributed by atoms with van der Waals surface area (Å²) in [5.74, 6) is 2.75. The van der Waals surface area contributed by atoms with Gasteiger partial charge in [-0.25, -0.2) is 4.98 Å². The Morgan fingerprint density at radius 3 is 3.12 bits per heavy atom. The van der Waals surface area contributed by atoms with Gasteiger partial charge in [-0.3, -0.25) is 4.68 Å². The minimum Gasteiger partial charge on any atom is -0.310 e. The zero-order valence-electron chi connectivity index (χ0n) is 9.89. The Balaban J connectivity index is 1.67. The lowest BCUT2D eigenvalue weighted by atomic mass is 10.4. The predicted octanol–water partition coefficient (Wildman–Crippen LogP) is 2.04. The lowest BCUT2D eigenvalue weighted by Gasteiger charge is -2.01. The quantitative estimate of drug-likeness (QED) is 0.880. The maximum atomic E-state index is 4.57. The summed E-state index contributed by atoms with van der Waals surface area (Å²) in [6.07, 6.45) is 2.76. The molecule has 2 heterocycles. The fraction of sp³-hybridized carbons (Fsp3) is 0.500. The summed E-state index contributed by atoms with van der Waals surface area (Å²) in [7, 11) is 1.96. The molecule has 0 aliphatic heterocycles. The fourth-order valence-corrected chi connectivity index (χ4v) is 2.44. The van der Waals surface area contributed by atoms with Gasteiger partial charge in [0, 0.05) is 7.05 Å². The summed E-state index contributed by atoms with van der Waals surface area (Å²) in [5.41, 5.74) is 0. The standard InChI is InChI=1S/C12H16N4S/c1-16-11(8-13-7-9-4-5-9)14-12(15-16)10-3-2-6-17-10/h2-3,6,9,13H,4-5,7-8H2,1H3. The van der Waals surface area contributed by atoms with Crippen LogP contribution in [0.4, 0.5) is 0 Å². The number of thiophene rings is 1. The Hall–Kier alpha value is -1.20. The fourth-order valence-electron chi connectivity index (χ4n) is 1.79. The topological polar surface area (TPSA) is 42.7 Å². The van der Waals surface area contributed by atoms with Gasteiger partial charge >= 0.3 is 0 Å². The first-order valence-electron chi connectivity index (χ1n) is 5.97. The molecule has 2 aromatic rings. The second-order valence-electron chi connectivity index (χ2n) is 4.53. The highest BCUT2D eigenvalue weighted by atomic mass is 32.1. The average Bonchev–Trinajstić information content (AvgIpc) is 2.85. The van der Waals surface area contributed by atoms with E-state index in [0.717, 1.165) is 35.5 Å². The van der Waals surface area contributed by atoms with E-state index in [0.29, 0.717) is 0 Å². The SMILES string of the molecule is Cn1nc(-c2cccs2)nc1CNCC1CC1. The van der Waals surface area contributed by atoms with E-state index in [1.807, 2.05) is 17.8 Å². The number of rotatable bonds is 5. The minimum atomic E-state index is 0.811. The van der Waals surface area contributed by atoms with E-state index in [1.54, 1.807) is 11.3 Å². The van der Waals surface area contributed by atoms with Gasteiger partial charge in [-0.05, 0) is 36.8 Å². The van der Waals surface area contributed by atoms with Gasteiger partial charge in [0.1, 0.15) is 5.82 Å². The molecule has 0 saturated heterocycles. The molecule has 0 unspecified atom stereocenters. The summed E-state index contributed by atoms with van der Waals surface area (Å²) in [4.78, 5) is 5.70. The van der Waals surface area contributed by atoms with Gasteiger partial charge in [-0.1, -0.05) is 6.07 Å². The van der Waals surface area contributed by atoms with Crippen LogP contribution in [0.5, 0.6) is 0 Å². The Bertz CT molecular complexity index is 485. The van der Waals surface area contributed by atoms with Crippen LogP contribution < -0.4 is 5.32 Å². The van der Waals surface area contributed by atoms with E-state index in [1.165, 1.54) is 12.8 Å². The van der Waals surface area contributed by atoms with Crippen LogP contribution in [0, 0.1) is 5.92 Å². The molecule has 1 saturated carbocycles. The average molecular weight is 248 g/mol. The molecule has 5 heteroatoms. The Kier molecular flexibility index (Phi) is 2.94. The molecular formula is C12H16N4S. The molecule has 2 aromatic heterocycles. The van der Waals surface area contributed by atoms with Gasteiger partial charge in [-0.2, -0.15) is 5.10 Å². The maximum absolute atomic E-state index is 4.57. The van der Waals surface area contributed by atoms with Crippen molar-refractivity contribution in [1.82, 2.24) is 20.1 Å². The van der Waals surface area contributed by atoms with Crippen LogP contribution in [0.2, 0.25) is 0 Å². The number of nitrogens with zero attached hydrogens (tertiary/aromatic N) is 3. The van der Waals surface area contributed by atoms with Crippen LogP contribution in [0.1, 0.15) is 18.7 Å². The maximum Gasteiger partial charge on any atom is 0.191 e. The summed E-state index contributed by atoms with van der Waals surface area (Å²) < 4.78 is 1.87. The van der Waals surface area contributed by atoms with Crippen LogP contribution in [-0.2, 0) is 13.6 Å². The van der Waals surface area contributed by atoms with Gasteiger partial charge in [0.15, 0.2) is 5.82 Å². The van der Waals surface area contributed by atoms with Gasteiger partial charge in [0.25, 0.3) is 0 Å². The van der Waals surface area contributed by atoms with Crippen molar-refractivity contribution in [2.45, 2.75) is 19.4 Å². The Morgan fingerprint density at radius 1 is 1.53 bits per heavy atom. The molecule has 0 radical (unpaired) electrons. The number of aromatic nitrogens is 3. The molecule has 17 heavy (non-hydrogen) atoms. The lowest BCUT2D eigenvalue weighted by molar-refractivity contribution is 0.589. The van der Waals surface area contributed by atoms with Crippen LogP contribution in [0.25, 0.3) is 10.7 Å². The molecule has 1 N–H and O–H groups in total. The van der Waals surface area contributed by atoms with E-state index in [-0.39, 0.29) is 0 Å². The molecule has 4 nitrogen and oxygen atoms in total. The summed E-state index contributed by atoms with van der Waals surface area (Å²) in [6.45, 7) is 1.92. The van der Waals surface area contributed by atoms with E-state index in [2.05, 4.69) is 26.8 Å². The van der Waals surface area contributed by atoms with Crippen LogP contribution in [0.15, 0.2) is 17.5 Å². The van der Waals surface area contributed by atoms with Crippen molar-refractivity contribution in [3.05, 3.63) is 23.3 Å². The Labute approximate surface area is 105 Å². The summed E-state index contributed by atoms with van der Waals surface area (Å²) in [5, 5.41) is 9.94. The van der Waals surface area contributed by atoms with Crippen molar-refractivity contribution in [2.24, 2.45) is 13.0 Å². The molecule has 1 aliphatic carbocycles. The molecule has 0 atom stereocenters. The number of aryl methyl sites for hydroxylation is 1. The van der Waals surface area contributed by atoms with Crippen molar-refractivity contribution < 1.29 is 0 Å². The first kappa shape index (κ1) is 10.9. The molecular weight excluding hydrogens is 232 g/mol. The first-order chi connectivity index (χ1) is 8.33. The van der Waals surface area contributed by atoms with Crippen molar-refractivity contribution in [1.29, 1.82) is 0 Å². The van der Waals surface area contributed by atoms with Gasteiger partial charge < -0.3 is 5.32 Å². The van der Waals surface area contributed by atoms with Crippen molar-refractivity contribution >= 4 is 11.3 Å². The second kappa shape index (κ2) is 4.58. The van der Waals surface area contributed by atoms with Gasteiger partial charge in [0.05, 0.1) is 11.4 Å². The van der Waals surface area contributed by atoms with E-state index < -0.39 is 0 Å². The summed E-state index contributed by atoms with van der Waals surface area (Å²) >= 11 is 1.68. The summed E-state index contributed by atoms with van der Waals surface area (Å²) in [6, 6.07) is 4.09. The molecule has 1 aliphatic rings. The largest absolute Gasteiger partial charge is 0.310 e. The highest BCUT2D eigenvalue weighted by molar-refractivity contribution is 7.13. The zero-order chi connectivity index (χ0) is 11.7. The highest BCUT2D eigenvalue weighted by Gasteiger charge is 2.20. The lowest BCUT2D eigenvalue weighted by Crippen LogP contribution is -2.18. The third kappa shape index (κ3) is 2.56. The minimum absolute atomic E-state index is 0.811. The normalized spacial score (nSPS) is 15.4. The molecule has 0 amide bonds. The molecule has 0 aromatic carbocycles. The van der Waals surface area contributed by atoms with Crippen molar-refractivity contribution in [3.8, 4) is 10.7 Å². The molecule has 3 rings (SSSR count). The number of hydrogen-bond donors (Lipinski definition) is 1. The number of hydrogen-bond acceptors (Lipinski definition) is 4. The first-order valence-corrected chi connectivity index (χ1v) is 6.85. The molecule has 0 bridgehead atoms. The van der Waals surface area contributed by atoms with Crippen LogP contribution >= 0.6 is 11.3 Å². The monoisotopic (exact) mass is 248 g/mol. The second-order valence-corrected chi connectivity index (χ2v) is 5.47. The van der Waals surface area contributed by atoms with Crippen LogP contribution in [0.3, 0.4) is 0 Å². The van der Waals surface area contributed by atoms with Gasteiger partial charge in [0.2, 0.25) is 0 Å². The molecule has 90 valence electrons. The van der Waals surface area contributed by atoms with Crippen molar-refractivity contribution in [3.63, 3.8) is 0 Å². The highest BCUT2D eigenvalue weighted by Crippen LogP contribution is 2.27. The van der Waals surface area contributed by atoms with Crippen LogP contribution in [-0.4, -0.2) is 21.3 Å². The third-order valence-corrected chi connectivity index (χ3v) is 3.87. The number of nitrogens with one attached hydrogen (secondary N) is 1. The van der Waals surface area contributed by atoms with E-state index >= 15 is 0 Å². The predicted molar refractivity (Wildman–Crippen MR) is 68.7 cm³/mol. The van der Waals surface area contributed by atoms with E-state index in [4.69, 9.17) is 0 Å². The Morgan fingerprint density at radius 2 is 2.41 bits per heavy atom. The zero-order valence-corrected chi connectivity index (χ0v) is 10.7. The molecule has 1 fully saturated rings. The smallest absolute Gasteiger partial charge is 0.191 e.